The Bertz CT molecular complexity index is 1460. The third-order valence-electron chi connectivity index (χ3n) is 6.31. The van der Waals surface area contributed by atoms with Gasteiger partial charge in [0.05, 0.1) is 11.4 Å². The monoisotopic (exact) mass is 560 g/mol. The molecule has 0 saturated carbocycles. The maximum atomic E-state index is 13.5. The fourth-order valence-corrected chi connectivity index (χ4v) is 4.49. The maximum Gasteiger partial charge on any atom is 0.248 e. The number of hydrogen-bond donors (Lipinski definition) is 4. The summed E-state index contributed by atoms with van der Waals surface area (Å²) in [5.41, 5.74) is 14.5. The molecule has 1 fully saturated rings. The van der Waals surface area contributed by atoms with Crippen molar-refractivity contribution in [1.29, 1.82) is 10.9 Å². The lowest BCUT2D eigenvalue weighted by molar-refractivity contribution is -0.143. The van der Waals surface area contributed by atoms with Gasteiger partial charge in [-0.25, -0.2) is 5.01 Å². The van der Waals surface area contributed by atoms with Crippen molar-refractivity contribution >= 4 is 58.6 Å². The number of nitrogens with two attached hydrogens (primary N) is 1. The maximum absolute atomic E-state index is 13.5. The predicted molar refractivity (Wildman–Crippen MR) is 149 cm³/mol. The van der Waals surface area contributed by atoms with Gasteiger partial charge < -0.3 is 16.0 Å². The number of nitrogens with zero attached hydrogens (tertiary/aromatic N) is 4. The van der Waals surface area contributed by atoms with Crippen LogP contribution in [0.25, 0.3) is 0 Å². The Kier molecular flexibility index (Phi) is 8.50. The van der Waals surface area contributed by atoms with Crippen molar-refractivity contribution in [3.05, 3.63) is 88.9 Å². The molecule has 5 N–H and O–H groups in total. The van der Waals surface area contributed by atoms with Crippen LogP contribution < -0.4 is 21.0 Å². The lowest BCUT2D eigenvalue weighted by atomic mass is 10.0. The molecule has 1 aliphatic heterocycles. The summed E-state index contributed by atoms with van der Waals surface area (Å²) < 4.78 is 0. The highest BCUT2D eigenvalue weighted by molar-refractivity contribution is 6.31. The zero-order valence-corrected chi connectivity index (χ0v) is 21.8. The second kappa shape index (κ2) is 12.2. The number of rotatable bonds is 10. The molecule has 1 atom stereocenters. The number of piperazine rings is 1. The molecule has 1 aliphatic rings. The normalized spacial score (nSPS) is 13.9. The van der Waals surface area contributed by atoms with Crippen molar-refractivity contribution < 1.29 is 19.2 Å². The first-order chi connectivity index (χ1) is 19.2. The summed E-state index contributed by atoms with van der Waals surface area (Å²) in [6.45, 7) is -0.805. The van der Waals surface area contributed by atoms with Gasteiger partial charge in [0.25, 0.3) is 0 Å². The van der Waals surface area contributed by atoms with Gasteiger partial charge in [0, 0.05) is 22.7 Å². The van der Waals surface area contributed by atoms with Gasteiger partial charge >= 0.3 is 0 Å². The number of benzene rings is 3. The van der Waals surface area contributed by atoms with Crippen molar-refractivity contribution in [2.75, 3.05) is 28.3 Å². The second-order valence-corrected chi connectivity index (χ2v) is 9.28. The molecule has 0 bridgehead atoms. The first kappa shape index (κ1) is 27.9. The van der Waals surface area contributed by atoms with Crippen LogP contribution in [0, 0.1) is 10.9 Å². The standard InChI is InChI=1S/C27H25ClN8O4/c28-19-8-11-21(36(16-29)33-31)22(13-19)34-14-25(38)35(15-24(34)37)23(12-17-4-2-1-3-5-17)27(40)32-20-9-6-18(7-10-20)26(30)39/h1-11,13,16,23,29,31H,12,14-15H2,(H2,30,39)(H,32,40). The molecule has 0 radical (unpaired) electrons. The van der Waals surface area contributed by atoms with E-state index in [0.29, 0.717) is 5.69 Å². The highest BCUT2D eigenvalue weighted by Gasteiger charge is 2.39. The summed E-state index contributed by atoms with van der Waals surface area (Å²) in [5.74, 6) is -2.11. The quantitative estimate of drug-likeness (QED) is 0.128. The molecule has 1 saturated heterocycles. The van der Waals surface area contributed by atoms with Crippen molar-refractivity contribution in [3.8, 4) is 0 Å². The average molecular weight is 561 g/mol. The smallest absolute Gasteiger partial charge is 0.248 e. The van der Waals surface area contributed by atoms with Crippen molar-refractivity contribution in [2.45, 2.75) is 12.5 Å². The molecule has 4 rings (SSSR count). The van der Waals surface area contributed by atoms with E-state index in [1.54, 1.807) is 0 Å². The van der Waals surface area contributed by atoms with Crippen LogP contribution in [0.3, 0.4) is 0 Å². The number of amides is 4. The molecule has 0 spiro atoms. The first-order valence-electron chi connectivity index (χ1n) is 12.0. The van der Waals surface area contributed by atoms with Gasteiger partial charge in [-0.1, -0.05) is 47.2 Å². The summed E-state index contributed by atoms with van der Waals surface area (Å²) in [6, 6.07) is 18.5. The van der Waals surface area contributed by atoms with Crippen LogP contribution >= 0.6 is 11.6 Å². The Morgan fingerprint density at radius 3 is 2.38 bits per heavy atom. The van der Waals surface area contributed by atoms with Crippen molar-refractivity contribution in [3.63, 3.8) is 0 Å². The fraction of sp³-hybridized carbons (Fsp3) is 0.148. The van der Waals surface area contributed by atoms with Crippen LogP contribution in [0.2, 0.25) is 5.02 Å². The van der Waals surface area contributed by atoms with Crippen molar-refractivity contribution in [2.24, 2.45) is 11.0 Å². The third-order valence-corrected chi connectivity index (χ3v) is 6.55. The van der Waals surface area contributed by atoms with Crippen LogP contribution in [0.4, 0.5) is 17.1 Å². The first-order valence-corrected chi connectivity index (χ1v) is 12.4. The molecule has 204 valence electrons. The Balaban J connectivity index is 1.62. The van der Waals surface area contributed by atoms with Crippen LogP contribution in [0.5, 0.6) is 0 Å². The Hall–Kier alpha value is -5.10. The van der Waals surface area contributed by atoms with Gasteiger partial charge in [0.2, 0.25) is 23.6 Å². The van der Waals surface area contributed by atoms with Gasteiger partial charge in [-0.2, -0.15) is 5.53 Å². The van der Waals surface area contributed by atoms with Crippen LogP contribution in [0.15, 0.2) is 78.0 Å². The average Bonchev–Trinajstić information content (AvgIpc) is 2.95. The van der Waals surface area contributed by atoms with E-state index < -0.39 is 42.8 Å². The van der Waals surface area contributed by atoms with Gasteiger partial charge in [-0.3, -0.25) is 29.5 Å². The zero-order chi connectivity index (χ0) is 28.8. The molecule has 0 aromatic heterocycles. The van der Waals surface area contributed by atoms with E-state index in [4.69, 9.17) is 28.3 Å². The SMILES string of the molecule is N=CN(N=N)c1ccc(Cl)cc1N1CC(=O)N(C(Cc2ccccc2)C(=O)Nc2ccc(C(N)=O)cc2)CC1=O. The minimum atomic E-state index is -1.03. The second-order valence-electron chi connectivity index (χ2n) is 8.84. The number of hydrogen-bond acceptors (Lipinski definition) is 7. The third kappa shape index (κ3) is 6.13. The minimum absolute atomic E-state index is 0.146. The Labute approximate surface area is 234 Å². The zero-order valence-electron chi connectivity index (χ0n) is 21.1. The number of halogens is 1. The Morgan fingerprint density at radius 1 is 1.05 bits per heavy atom. The van der Waals surface area contributed by atoms with Gasteiger partial charge in [-0.15, -0.1) is 0 Å². The number of nitrogens with one attached hydrogen (secondary N) is 3. The van der Waals surface area contributed by atoms with E-state index in [2.05, 4.69) is 10.5 Å². The molecular weight excluding hydrogens is 536 g/mol. The summed E-state index contributed by atoms with van der Waals surface area (Å²) in [4.78, 5) is 54.2. The highest BCUT2D eigenvalue weighted by Crippen LogP contribution is 2.34. The molecular formula is C27H25ClN8O4. The van der Waals surface area contributed by atoms with Crippen molar-refractivity contribution in [1.82, 2.24) is 4.90 Å². The van der Waals surface area contributed by atoms with E-state index in [1.807, 2.05) is 30.3 Å². The van der Waals surface area contributed by atoms with Gasteiger partial charge in [-0.05, 0) is 48.0 Å². The van der Waals surface area contributed by atoms with Crippen LogP contribution in [-0.4, -0.2) is 54.0 Å². The lowest BCUT2D eigenvalue weighted by Gasteiger charge is -2.38. The molecule has 1 unspecified atom stereocenters. The fourth-order valence-electron chi connectivity index (χ4n) is 4.32. The summed E-state index contributed by atoms with van der Waals surface area (Å²) in [7, 11) is 0. The molecule has 12 nitrogen and oxygen atoms in total. The van der Waals surface area contributed by atoms with E-state index >= 15 is 0 Å². The summed E-state index contributed by atoms with van der Waals surface area (Å²) >= 11 is 6.16. The number of carbonyl (C=O) groups excluding carboxylic acids is 4. The largest absolute Gasteiger partial charge is 0.366 e. The molecule has 13 heteroatoms. The van der Waals surface area contributed by atoms with Gasteiger partial charge in [0.15, 0.2) is 0 Å². The molecule has 40 heavy (non-hydrogen) atoms. The van der Waals surface area contributed by atoms with Crippen LogP contribution in [0.1, 0.15) is 15.9 Å². The topological polar surface area (TPSA) is 176 Å². The Morgan fingerprint density at radius 2 is 1.75 bits per heavy atom. The van der Waals surface area contributed by atoms with Crippen LogP contribution in [-0.2, 0) is 20.8 Å². The lowest BCUT2D eigenvalue weighted by Crippen LogP contribution is -2.60. The highest BCUT2D eigenvalue weighted by atomic mass is 35.5. The number of carbonyl (C=O) groups is 4. The number of primary amides is 1. The molecule has 0 aliphatic carbocycles. The van der Waals surface area contributed by atoms with E-state index in [1.165, 1.54) is 52.3 Å². The molecule has 3 aromatic rings. The summed E-state index contributed by atoms with van der Waals surface area (Å²) in [5, 5.41) is 14.7. The predicted octanol–water partition coefficient (Wildman–Crippen LogP) is 3.22. The number of anilines is 3. The van der Waals surface area contributed by atoms with Gasteiger partial charge in [0.1, 0.15) is 25.5 Å². The molecule has 3 aromatic carbocycles. The van der Waals surface area contributed by atoms with E-state index in [-0.39, 0.29) is 28.4 Å². The molecule has 4 amide bonds. The van der Waals surface area contributed by atoms with E-state index in [0.717, 1.165) is 16.9 Å². The minimum Gasteiger partial charge on any atom is -0.366 e. The van der Waals surface area contributed by atoms with E-state index in [9.17, 15) is 19.2 Å². The molecule has 1 heterocycles. The summed E-state index contributed by atoms with van der Waals surface area (Å²) in [6.07, 6.45) is 0.936.